The molecule has 19 heavy (non-hydrogen) atoms. The van der Waals surface area contributed by atoms with Crippen molar-refractivity contribution in [3.8, 4) is 5.75 Å². The molecule has 1 aromatic rings. The van der Waals surface area contributed by atoms with Gasteiger partial charge in [0, 0.05) is 6.04 Å². The zero-order valence-electron chi connectivity index (χ0n) is 12.8. The van der Waals surface area contributed by atoms with Gasteiger partial charge in [-0.05, 0) is 50.8 Å². The van der Waals surface area contributed by atoms with E-state index in [9.17, 15) is 4.79 Å². The maximum Gasteiger partial charge on any atom is 0.260 e. The van der Waals surface area contributed by atoms with Gasteiger partial charge in [0.25, 0.3) is 5.91 Å². The first-order chi connectivity index (χ1) is 8.82. The third-order valence-corrected chi connectivity index (χ3v) is 3.60. The van der Waals surface area contributed by atoms with Crippen molar-refractivity contribution < 1.29 is 9.53 Å². The standard InChI is InChI=1S/C16H25NO2/c1-10(2)13(5)17-16(18)14(6)19-15-9-7-8-11(3)12(15)4/h7-10,13-14H,1-6H3,(H,17,18)/t13-,14+/m1/s1. The van der Waals surface area contributed by atoms with Crippen molar-refractivity contribution in [1.29, 1.82) is 0 Å². The zero-order chi connectivity index (χ0) is 14.6. The summed E-state index contributed by atoms with van der Waals surface area (Å²) in [4.78, 5) is 12.0. The van der Waals surface area contributed by atoms with Crippen LogP contribution in [-0.4, -0.2) is 18.1 Å². The molecule has 0 aliphatic carbocycles. The highest BCUT2D eigenvalue weighted by atomic mass is 16.5. The highest BCUT2D eigenvalue weighted by Gasteiger charge is 2.19. The molecule has 106 valence electrons. The maximum atomic E-state index is 12.0. The van der Waals surface area contributed by atoms with Gasteiger partial charge in [-0.25, -0.2) is 0 Å². The molecule has 0 heterocycles. The molecule has 0 aliphatic heterocycles. The summed E-state index contributed by atoms with van der Waals surface area (Å²) in [5, 5.41) is 2.97. The van der Waals surface area contributed by atoms with Gasteiger partial charge in [0.1, 0.15) is 5.75 Å². The van der Waals surface area contributed by atoms with E-state index in [-0.39, 0.29) is 11.9 Å². The SMILES string of the molecule is Cc1cccc(O[C@@H](C)C(=O)N[C@H](C)C(C)C)c1C. The fourth-order valence-corrected chi connectivity index (χ4v) is 1.60. The fourth-order valence-electron chi connectivity index (χ4n) is 1.60. The minimum Gasteiger partial charge on any atom is -0.481 e. The molecule has 3 heteroatoms. The van der Waals surface area contributed by atoms with Gasteiger partial charge in [0.2, 0.25) is 0 Å². The number of rotatable bonds is 5. The molecule has 1 rings (SSSR count). The summed E-state index contributed by atoms with van der Waals surface area (Å²) < 4.78 is 5.76. The first-order valence-corrected chi connectivity index (χ1v) is 6.86. The van der Waals surface area contributed by atoms with Crippen LogP contribution in [0.15, 0.2) is 18.2 Å². The van der Waals surface area contributed by atoms with Gasteiger partial charge in [-0.1, -0.05) is 26.0 Å². The van der Waals surface area contributed by atoms with Gasteiger partial charge >= 0.3 is 0 Å². The minimum atomic E-state index is -0.485. The van der Waals surface area contributed by atoms with Crippen molar-refractivity contribution in [3.63, 3.8) is 0 Å². The third kappa shape index (κ3) is 4.27. The van der Waals surface area contributed by atoms with Crippen LogP contribution >= 0.6 is 0 Å². The lowest BCUT2D eigenvalue weighted by Crippen LogP contribution is -2.43. The Labute approximate surface area is 116 Å². The lowest BCUT2D eigenvalue weighted by Gasteiger charge is -2.21. The Morgan fingerprint density at radius 2 is 1.79 bits per heavy atom. The van der Waals surface area contributed by atoms with Gasteiger partial charge in [0.05, 0.1) is 0 Å². The van der Waals surface area contributed by atoms with E-state index in [0.29, 0.717) is 5.92 Å². The lowest BCUT2D eigenvalue weighted by atomic mass is 10.1. The van der Waals surface area contributed by atoms with Crippen LogP contribution < -0.4 is 10.1 Å². The average molecular weight is 263 g/mol. The summed E-state index contributed by atoms with van der Waals surface area (Å²) >= 11 is 0. The van der Waals surface area contributed by atoms with Crippen LogP contribution in [0.4, 0.5) is 0 Å². The van der Waals surface area contributed by atoms with E-state index in [1.807, 2.05) is 39.0 Å². The number of hydrogen-bond acceptors (Lipinski definition) is 2. The van der Waals surface area contributed by atoms with Gasteiger partial charge in [-0.3, -0.25) is 4.79 Å². The van der Waals surface area contributed by atoms with Gasteiger partial charge in [0.15, 0.2) is 6.10 Å². The summed E-state index contributed by atoms with van der Waals surface area (Å²) in [6, 6.07) is 6.03. The van der Waals surface area contributed by atoms with E-state index >= 15 is 0 Å². The van der Waals surface area contributed by atoms with E-state index in [1.165, 1.54) is 5.56 Å². The number of carbonyl (C=O) groups excluding carboxylic acids is 1. The Hall–Kier alpha value is -1.51. The topological polar surface area (TPSA) is 38.3 Å². The zero-order valence-corrected chi connectivity index (χ0v) is 12.8. The first kappa shape index (κ1) is 15.5. The summed E-state index contributed by atoms with van der Waals surface area (Å²) in [5.41, 5.74) is 2.25. The lowest BCUT2D eigenvalue weighted by molar-refractivity contribution is -0.128. The summed E-state index contributed by atoms with van der Waals surface area (Å²) in [6.07, 6.45) is -0.485. The van der Waals surface area contributed by atoms with Crippen molar-refractivity contribution in [2.24, 2.45) is 5.92 Å². The number of aryl methyl sites for hydroxylation is 1. The van der Waals surface area contributed by atoms with Gasteiger partial charge < -0.3 is 10.1 Å². The van der Waals surface area contributed by atoms with Crippen molar-refractivity contribution in [2.45, 2.75) is 53.7 Å². The quantitative estimate of drug-likeness (QED) is 0.885. The Bertz CT molecular complexity index is 440. The monoisotopic (exact) mass is 263 g/mol. The molecule has 0 saturated heterocycles. The first-order valence-electron chi connectivity index (χ1n) is 6.86. The second-order valence-corrected chi connectivity index (χ2v) is 5.50. The predicted octanol–water partition coefficient (Wildman–Crippen LogP) is 3.23. The molecular weight excluding hydrogens is 238 g/mol. The highest BCUT2D eigenvalue weighted by Crippen LogP contribution is 2.21. The second-order valence-electron chi connectivity index (χ2n) is 5.50. The van der Waals surface area contributed by atoms with E-state index in [2.05, 4.69) is 19.2 Å². The third-order valence-electron chi connectivity index (χ3n) is 3.60. The summed E-state index contributed by atoms with van der Waals surface area (Å²) in [6.45, 7) is 12.0. The number of hydrogen-bond donors (Lipinski definition) is 1. The largest absolute Gasteiger partial charge is 0.481 e. The van der Waals surface area contributed by atoms with Crippen LogP contribution in [0.3, 0.4) is 0 Å². The minimum absolute atomic E-state index is 0.0675. The molecular formula is C16H25NO2. The van der Waals surface area contributed by atoms with Crippen molar-refractivity contribution in [2.75, 3.05) is 0 Å². The van der Waals surface area contributed by atoms with Gasteiger partial charge in [-0.2, -0.15) is 0 Å². The molecule has 0 unspecified atom stereocenters. The summed E-state index contributed by atoms with van der Waals surface area (Å²) in [7, 11) is 0. The van der Waals surface area contributed by atoms with Crippen molar-refractivity contribution in [1.82, 2.24) is 5.32 Å². The van der Waals surface area contributed by atoms with Crippen LogP contribution in [0, 0.1) is 19.8 Å². The molecule has 0 saturated carbocycles. The van der Waals surface area contributed by atoms with Crippen LogP contribution in [0.2, 0.25) is 0 Å². The van der Waals surface area contributed by atoms with Crippen LogP contribution in [0.25, 0.3) is 0 Å². The molecule has 0 fully saturated rings. The predicted molar refractivity (Wildman–Crippen MR) is 78.4 cm³/mol. The second kappa shape index (κ2) is 6.60. The Morgan fingerprint density at radius 3 is 2.37 bits per heavy atom. The Morgan fingerprint density at radius 1 is 1.16 bits per heavy atom. The molecule has 1 N–H and O–H groups in total. The molecule has 3 nitrogen and oxygen atoms in total. The van der Waals surface area contributed by atoms with E-state index in [0.717, 1.165) is 11.3 Å². The Balaban J connectivity index is 2.66. The van der Waals surface area contributed by atoms with Crippen molar-refractivity contribution >= 4 is 5.91 Å². The molecule has 0 spiro atoms. The number of ether oxygens (including phenoxy) is 1. The van der Waals surface area contributed by atoms with Gasteiger partial charge in [-0.15, -0.1) is 0 Å². The van der Waals surface area contributed by atoms with E-state index in [4.69, 9.17) is 4.74 Å². The number of amides is 1. The number of benzene rings is 1. The van der Waals surface area contributed by atoms with Crippen LogP contribution in [0.5, 0.6) is 5.75 Å². The fraction of sp³-hybridized carbons (Fsp3) is 0.562. The molecule has 0 aliphatic rings. The highest BCUT2D eigenvalue weighted by molar-refractivity contribution is 5.81. The van der Waals surface area contributed by atoms with Crippen molar-refractivity contribution in [3.05, 3.63) is 29.3 Å². The average Bonchev–Trinajstić information content (AvgIpc) is 2.34. The maximum absolute atomic E-state index is 12.0. The van der Waals surface area contributed by atoms with E-state index < -0.39 is 6.10 Å². The smallest absolute Gasteiger partial charge is 0.260 e. The normalized spacial score (nSPS) is 14.1. The molecule has 0 aromatic heterocycles. The number of carbonyl (C=O) groups is 1. The van der Waals surface area contributed by atoms with E-state index in [1.54, 1.807) is 6.92 Å². The van der Waals surface area contributed by atoms with Crippen LogP contribution in [0.1, 0.15) is 38.8 Å². The number of nitrogens with one attached hydrogen (secondary N) is 1. The summed E-state index contributed by atoms with van der Waals surface area (Å²) in [5.74, 6) is 1.12. The Kier molecular flexibility index (Phi) is 5.40. The molecule has 2 atom stereocenters. The molecule has 0 radical (unpaired) electrons. The molecule has 1 aromatic carbocycles. The molecule has 1 amide bonds. The van der Waals surface area contributed by atoms with Crippen LogP contribution in [-0.2, 0) is 4.79 Å². The molecule has 0 bridgehead atoms.